The van der Waals surface area contributed by atoms with Crippen LogP contribution in [0.2, 0.25) is 0 Å². The summed E-state index contributed by atoms with van der Waals surface area (Å²) >= 11 is 1.65. The minimum absolute atomic E-state index is 0.587. The maximum Gasteiger partial charge on any atom is 0.203 e. The van der Waals surface area contributed by atoms with Gasteiger partial charge < -0.3 is 24.3 Å². The highest BCUT2D eigenvalue weighted by molar-refractivity contribution is 7.15. The Labute approximate surface area is 175 Å². The minimum Gasteiger partial charge on any atom is -0.497 e. The SMILES string of the molecule is COc1ccc(CCNCc2ncc(-c3cc(OC)c(OC)c(OC)c3)s2)cc1. The molecule has 2 aromatic carbocycles. The van der Waals surface area contributed by atoms with Crippen LogP contribution in [0.15, 0.2) is 42.6 Å². The van der Waals surface area contributed by atoms with E-state index in [9.17, 15) is 0 Å². The first kappa shape index (κ1) is 21.0. The Hall–Kier alpha value is -2.77. The molecule has 0 saturated carbocycles. The molecule has 3 aromatic rings. The predicted molar refractivity (Wildman–Crippen MR) is 116 cm³/mol. The molecule has 0 aliphatic heterocycles. The monoisotopic (exact) mass is 414 g/mol. The first-order valence-corrected chi connectivity index (χ1v) is 10.1. The van der Waals surface area contributed by atoms with E-state index in [2.05, 4.69) is 22.4 Å². The van der Waals surface area contributed by atoms with Gasteiger partial charge in [0.25, 0.3) is 0 Å². The fourth-order valence-corrected chi connectivity index (χ4v) is 3.84. The summed E-state index contributed by atoms with van der Waals surface area (Å²) in [5.41, 5.74) is 2.26. The fraction of sp³-hybridized carbons (Fsp3) is 0.318. The molecule has 6 nitrogen and oxygen atoms in total. The lowest BCUT2D eigenvalue weighted by Crippen LogP contribution is -2.16. The summed E-state index contributed by atoms with van der Waals surface area (Å²) in [5.74, 6) is 2.73. The maximum absolute atomic E-state index is 5.44. The molecule has 1 N–H and O–H groups in total. The Bertz CT molecular complexity index is 900. The van der Waals surface area contributed by atoms with Crippen molar-refractivity contribution in [1.29, 1.82) is 0 Å². The second kappa shape index (κ2) is 10.1. The largest absolute Gasteiger partial charge is 0.497 e. The van der Waals surface area contributed by atoms with E-state index < -0.39 is 0 Å². The maximum atomic E-state index is 5.44. The number of benzene rings is 2. The third-order valence-electron chi connectivity index (χ3n) is 4.53. The molecule has 7 heteroatoms. The van der Waals surface area contributed by atoms with Crippen LogP contribution < -0.4 is 24.3 Å². The Kier molecular flexibility index (Phi) is 7.32. The van der Waals surface area contributed by atoms with Crippen molar-refractivity contribution in [2.75, 3.05) is 35.0 Å². The zero-order valence-corrected chi connectivity index (χ0v) is 18.0. The standard InChI is InChI=1S/C22H26N2O4S/c1-25-17-7-5-15(6-8-17)9-10-23-14-21-24-13-20(29-21)16-11-18(26-2)22(28-4)19(12-16)27-3/h5-8,11-13,23H,9-10,14H2,1-4H3. The molecular formula is C22H26N2O4S. The second-order valence-corrected chi connectivity index (χ2v) is 7.42. The Morgan fingerprint density at radius 1 is 0.897 bits per heavy atom. The van der Waals surface area contributed by atoms with Crippen LogP contribution in [-0.2, 0) is 13.0 Å². The Morgan fingerprint density at radius 3 is 2.17 bits per heavy atom. The average Bonchev–Trinajstić information content (AvgIpc) is 3.25. The molecule has 0 bridgehead atoms. The molecule has 0 spiro atoms. The summed E-state index contributed by atoms with van der Waals surface area (Å²) < 4.78 is 21.5. The summed E-state index contributed by atoms with van der Waals surface area (Å²) in [6.07, 6.45) is 2.83. The smallest absolute Gasteiger partial charge is 0.203 e. The highest BCUT2D eigenvalue weighted by atomic mass is 32.1. The van der Waals surface area contributed by atoms with Gasteiger partial charge >= 0.3 is 0 Å². The van der Waals surface area contributed by atoms with Crippen molar-refractivity contribution >= 4 is 11.3 Å². The van der Waals surface area contributed by atoms with E-state index in [4.69, 9.17) is 18.9 Å². The predicted octanol–water partition coefficient (Wildman–Crippen LogP) is 4.18. The summed E-state index contributed by atoms with van der Waals surface area (Å²) in [5, 5.41) is 4.49. The van der Waals surface area contributed by atoms with Crippen molar-refractivity contribution in [3.8, 4) is 33.4 Å². The van der Waals surface area contributed by atoms with Gasteiger partial charge in [0, 0.05) is 18.3 Å². The number of nitrogens with one attached hydrogen (secondary N) is 1. The van der Waals surface area contributed by atoms with Crippen LogP contribution in [-0.4, -0.2) is 40.0 Å². The summed E-state index contributed by atoms with van der Waals surface area (Å²) in [4.78, 5) is 5.59. The molecule has 29 heavy (non-hydrogen) atoms. The van der Waals surface area contributed by atoms with Gasteiger partial charge in [0.2, 0.25) is 5.75 Å². The number of aromatic nitrogens is 1. The van der Waals surface area contributed by atoms with Gasteiger partial charge in [-0.3, -0.25) is 0 Å². The van der Waals surface area contributed by atoms with E-state index in [1.54, 1.807) is 39.8 Å². The van der Waals surface area contributed by atoms with Crippen LogP contribution in [0.4, 0.5) is 0 Å². The first-order chi connectivity index (χ1) is 14.2. The van der Waals surface area contributed by atoms with Crippen molar-refractivity contribution in [3.05, 3.63) is 53.2 Å². The van der Waals surface area contributed by atoms with E-state index >= 15 is 0 Å². The lowest BCUT2D eigenvalue weighted by atomic mass is 10.1. The van der Waals surface area contributed by atoms with Gasteiger partial charge in [-0.25, -0.2) is 4.98 Å². The van der Waals surface area contributed by atoms with Crippen LogP contribution >= 0.6 is 11.3 Å². The van der Waals surface area contributed by atoms with Gasteiger partial charge in [-0.05, 0) is 42.8 Å². The van der Waals surface area contributed by atoms with E-state index in [1.807, 2.05) is 30.5 Å². The van der Waals surface area contributed by atoms with Crippen molar-refractivity contribution in [1.82, 2.24) is 10.3 Å². The van der Waals surface area contributed by atoms with Crippen molar-refractivity contribution < 1.29 is 18.9 Å². The van der Waals surface area contributed by atoms with Gasteiger partial charge in [0.1, 0.15) is 10.8 Å². The summed E-state index contributed by atoms with van der Waals surface area (Å²) in [6, 6.07) is 12.0. The first-order valence-electron chi connectivity index (χ1n) is 9.27. The Morgan fingerprint density at radius 2 is 1.59 bits per heavy atom. The molecule has 0 fully saturated rings. The molecule has 0 aliphatic rings. The van der Waals surface area contributed by atoms with Gasteiger partial charge in [-0.2, -0.15) is 0 Å². The molecule has 0 amide bonds. The summed E-state index contributed by atoms with van der Waals surface area (Å²) in [6.45, 7) is 1.61. The van der Waals surface area contributed by atoms with Crippen LogP contribution in [0.3, 0.4) is 0 Å². The normalized spacial score (nSPS) is 10.6. The van der Waals surface area contributed by atoms with Gasteiger partial charge in [0.15, 0.2) is 11.5 Å². The number of hydrogen-bond acceptors (Lipinski definition) is 7. The van der Waals surface area contributed by atoms with Gasteiger partial charge in [-0.1, -0.05) is 12.1 Å². The molecule has 0 atom stereocenters. The number of ether oxygens (including phenoxy) is 4. The molecular weight excluding hydrogens is 388 g/mol. The fourth-order valence-electron chi connectivity index (χ4n) is 2.97. The van der Waals surface area contributed by atoms with Crippen LogP contribution in [0.5, 0.6) is 23.0 Å². The molecule has 0 radical (unpaired) electrons. The number of nitrogens with zero attached hydrogens (tertiary/aromatic N) is 1. The molecule has 3 rings (SSSR count). The van der Waals surface area contributed by atoms with Crippen LogP contribution in [0.25, 0.3) is 10.4 Å². The third kappa shape index (κ3) is 5.19. The lowest BCUT2D eigenvalue weighted by molar-refractivity contribution is 0.324. The second-order valence-electron chi connectivity index (χ2n) is 6.31. The van der Waals surface area contributed by atoms with Crippen molar-refractivity contribution in [2.45, 2.75) is 13.0 Å². The van der Waals surface area contributed by atoms with E-state index in [1.165, 1.54) is 5.56 Å². The van der Waals surface area contributed by atoms with Gasteiger partial charge in [0.05, 0.1) is 33.3 Å². The molecule has 0 saturated heterocycles. The molecule has 1 heterocycles. The number of rotatable bonds is 10. The molecule has 0 aliphatic carbocycles. The number of hydrogen-bond donors (Lipinski definition) is 1. The third-order valence-corrected chi connectivity index (χ3v) is 5.57. The zero-order chi connectivity index (χ0) is 20.6. The lowest BCUT2D eigenvalue weighted by Gasteiger charge is -2.13. The Balaban J connectivity index is 1.60. The highest BCUT2D eigenvalue weighted by Crippen LogP contribution is 2.42. The number of methoxy groups -OCH3 is 4. The quantitative estimate of drug-likeness (QED) is 0.502. The van der Waals surface area contributed by atoms with Gasteiger partial charge in [-0.15, -0.1) is 11.3 Å². The topological polar surface area (TPSA) is 61.8 Å². The zero-order valence-electron chi connectivity index (χ0n) is 17.2. The van der Waals surface area contributed by atoms with E-state index in [-0.39, 0.29) is 0 Å². The van der Waals surface area contributed by atoms with Crippen molar-refractivity contribution in [3.63, 3.8) is 0 Å². The van der Waals surface area contributed by atoms with Crippen LogP contribution in [0, 0.1) is 0 Å². The highest BCUT2D eigenvalue weighted by Gasteiger charge is 2.15. The number of thiazole rings is 1. The van der Waals surface area contributed by atoms with Crippen molar-refractivity contribution in [2.24, 2.45) is 0 Å². The molecule has 0 unspecified atom stereocenters. The minimum atomic E-state index is 0.587. The van der Waals surface area contributed by atoms with E-state index in [0.29, 0.717) is 17.2 Å². The molecule has 1 aromatic heterocycles. The average molecular weight is 415 g/mol. The summed E-state index contributed by atoms with van der Waals surface area (Å²) in [7, 11) is 6.51. The van der Waals surface area contributed by atoms with E-state index in [0.717, 1.165) is 40.7 Å². The molecule has 154 valence electrons. The van der Waals surface area contributed by atoms with Crippen LogP contribution in [0.1, 0.15) is 10.6 Å².